The third kappa shape index (κ3) is 2.76. The van der Waals surface area contributed by atoms with Crippen LogP contribution in [0.1, 0.15) is 19.4 Å². The summed E-state index contributed by atoms with van der Waals surface area (Å²) in [5, 5.41) is 0. The van der Waals surface area contributed by atoms with Gasteiger partial charge in [-0.3, -0.25) is 0 Å². The number of anilines is 1. The number of para-hydroxylation sites is 1. The largest absolute Gasteiger partial charge is 0.449 e. The Balaban J connectivity index is 2.46. The predicted octanol–water partition coefficient (Wildman–Crippen LogP) is 3.80. The first kappa shape index (κ1) is 14.3. The van der Waals surface area contributed by atoms with E-state index in [4.69, 9.17) is 9.47 Å². The number of benzene rings is 1. The molecular formula is C14H16INO3. The van der Waals surface area contributed by atoms with Gasteiger partial charge in [-0.1, -0.05) is 24.3 Å². The lowest BCUT2D eigenvalue weighted by Crippen LogP contribution is -2.50. The van der Waals surface area contributed by atoms with Gasteiger partial charge in [0.25, 0.3) is 0 Å². The molecule has 0 saturated carbocycles. The molecule has 0 fully saturated rings. The van der Waals surface area contributed by atoms with Gasteiger partial charge >= 0.3 is 6.09 Å². The van der Waals surface area contributed by atoms with Crippen molar-refractivity contribution in [1.29, 1.82) is 0 Å². The number of hydrogen-bond acceptors (Lipinski definition) is 3. The molecule has 1 unspecified atom stereocenters. The molecule has 1 atom stereocenters. The molecule has 1 aliphatic heterocycles. The van der Waals surface area contributed by atoms with E-state index in [1.165, 1.54) is 0 Å². The first-order chi connectivity index (χ1) is 9.12. The molecule has 0 saturated heterocycles. The molecule has 1 aromatic rings. The van der Waals surface area contributed by atoms with Crippen LogP contribution >= 0.6 is 22.6 Å². The second-order valence-electron chi connectivity index (χ2n) is 3.97. The number of halogens is 1. The first-order valence-corrected chi connectivity index (χ1v) is 7.28. The second-order valence-corrected chi connectivity index (χ2v) is 5.51. The van der Waals surface area contributed by atoms with Gasteiger partial charge in [-0.25, -0.2) is 9.69 Å². The van der Waals surface area contributed by atoms with Crippen molar-refractivity contribution in [3.63, 3.8) is 0 Å². The number of carbonyl (C=O) groups excluding carboxylic acids is 1. The highest BCUT2D eigenvalue weighted by atomic mass is 127. The van der Waals surface area contributed by atoms with Crippen LogP contribution in [0.3, 0.4) is 0 Å². The number of carbonyl (C=O) groups is 1. The monoisotopic (exact) mass is 373 g/mol. The third-order valence-corrected chi connectivity index (χ3v) is 3.90. The van der Waals surface area contributed by atoms with Gasteiger partial charge in [0, 0.05) is 6.61 Å². The van der Waals surface area contributed by atoms with Crippen molar-refractivity contribution in [2.75, 3.05) is 18.1 Å². The van der Waals surface area contributed by atoms with Crippen LogP contribution in [0, 0.1) is 0 Å². The van der Waals surface area contributed by atoms with E-state index in [0.29, 0.717) is 13.2 Å². The first-order valence-electron chi connectivity index (χ1n) is 6.20. The minimum absolute atomic E-state index is 0.333. The number of amides is 1. The number of hydrogen-bond donors (Lipinski definition) is 0. The molecule has 0 aromatic heterocycles. The zero-order valence-corrected chi connectivity index (χ0v) is 13.1. The van der Waals surface area contributed by atoms with Crippen LogP contribution in [-0.2, 0) is 9.47 Å². The molecule has 1 aliphatic rings. The second kappa shape index (κ2) is 5.92. The van der Waals surface area contributed by atoms with Gasteiger partial charge in [-0.15, -0.1) is 0 Å². The summed E-state index contributed by atoms with van der Waals surface area (Å²) in [4.78, 5) is 13.8. The zero-order chi connectivity index (χ0) is 13.9. The van der Waals surface area contributed by atoms with Crippen molar-refractivity contribution in [3.05, 3.63) is 35.9 Å². The van der Waals surface area contributed by atoms with E-state index >= 15 is 0 Å². The molecule has 1 heterocycles. The predicted molar refractivity (Wildman–Crippen MR) is 83.4 cm³/mol. The maximum absolute atomic E-state index is 12.2. The van der Waals surface area contributed by atoms with Crippen molar-refractivity contribution >= 4 is 40.4 Å². The molecule has 19 heavy (non-hydrogen) atoms. The normalized spacial score (nSPS) is 21.1. The summed E-state index contributed by atoms with van der Waals surface area (Å²) in [6, 6.07) is 7.68. The molecule has 4 nitrogen and oxygen atoms in total. The van der Waals surface area contributed by atoms with E-state index in [1.54, 1.807) is 11.8 Å². The molecule has 0 aliphatic carbocycles. The average molecular weight is 373 g/mol. The maximum atomic E-state index is 12.2. The topological polar surface area (TPSA) is 38.8 Å². The standard InChI is InChI=1S/C14H16INO3/c1-3-18-13(17)16-12-8-6-5-7-11(12)9-10-14(16,15)19-4-2/h5-10H,3-4H2,1-2H3. The minimum Gasteiger partial charge on any atom is -0.449 e. The highest BCUT2D eigenvalue weighted by molar-refractivity contribution is 14.1. The number of rotatable bonds is 3. The summed E-state index contributed by atoms with van der Waals surface area (Å²) in [7, 11) is 0. The Kier molecular flexibility index (Phi) is 4.46. The summed E-state index contributed by atoms with van der Waals surface area (Å²) < 4.78 is 10.0. The molecule has 1 amide bonds. The Bertz CT molecular complexity index is 503. The fourth-order valence-corrected chi connectivity index (χ4v) is 2.94. The smallest absolute Gasteiger partial charge is 0.417 e. The lowest BCUT2D eigenvalue weighted by molar-refractivity contribution is 0.0720. The lowest BCUT2D eigenvalue weighted by Gasteiger charge is -2.39. The molecule has 0 radical (unpaired) electrons. The number of fused-ring (bicyclic) bond motifs is 1. The third-order valence-electron chi connectivity index (χ3n) is 2.75. The van der Waals surface area contributed by atoms with Crippen LogP contribution in [0.25, 0.3) is 6.08 Å². The Morgan fingerprint density at radius 1 is 1.32 bits per heavy atom. The fraction of sp³-hybridized carbons (Fsp3) is 0.357. The molecule has 0 bridgehead atoms. The Labute approximate surface area is 126 Å². The van der Waals surface area contributed by atoms with Crippen molar-refractivity contribution in [3.8, 4) is 0 Å². The summed E-state index contributed by atoms with van der Waals surface area (Å²) in [6.45, 7) is 4.53. The maximum Gasteiger partial charge on any atom is 0.417 e. The van der Waals surface area contributed by atoms with Crippen molar-refractivity contribution in [2.45, 2.75) is 17.6 Å². The van der Waals surface area contributed by atoms with Crippen molar-refractivity contribution < 1.29 is 14.3 Å². The van der Waals surface area contributed by atoms with Gasteiger partial charge < -0.3 is 9.47 Å². The van der Waals surface area contributed by atoms with E-state index < -0.39 is 9.82 Å². The molecule has 0 spiro atoms. The quantitative estimate of drug-likeness (QED) is 0.460. The van der Waals surface area contributed by atoms with Gasteiger partial charge in [-0.2, -0.15) is 0 Å². The van der Waals surface area contributed by atoms with Gasteiger partial charge in [0.2, 0.25) is 3.73 Å². The zero-order valence-electron chi connectivity index (χ0n) is 10.9. The Hall–Kier alpha value is -1.08. The van der Waals surface area contributed by atoms with Gasteiger partial charge in [-0.05, 0) is 54.1 Å². The highest BCUT2D eigenvalue weighted by Gasteiger charge is 2.41. The van der Waals surface area contributed by atoms with E-state index in [2.05, 4.69) is 22.6 Å². The van der Waals surface area contributed by atoms with Crippen LogP contribution in [0.2, 0.25) is 0 Å². The van der Waals surface area contributed by atoms with Gasteiger partial charge in [0.1, 0.15) is 0 Å². The fourth-order valence-electron chi connectivity index (χ4n) is 1.99. The summed E-state index contributed by atoms with van der Waals surface area (Å²) in [5.41, 5.74) is 1.77. The molecule has 5 heteroatoms. The molecule has 2 rings (SSSR count). The molecule has 0 N–H and O–H groups in total. The Morgan fingerprint density at radius 3 is 2.74 bits per heavy atom. The number of alkyl halides is 1. The van der Waals surface area contributed by atoms with E-state index in [1.807, 2.05) is 43.3 Å². The highest BCUT2D eigenvalue weighted by Crippen LogP contribution is 2.40. The van der Waals surface area contributed by atoms with E-state index in [0.717, 1.165) is 11.3 Å². The van der Waals surface area contributed by atoms with Gasteiger partial charge in [0.05, 0.1) is 12.3 Å². The van der Waals surface area contributed by atoms with Crippen LogP contribution < -0.4 is 4.90 Å². The van der Waals surface area contributed by atoms with E-state index in [-0.39, 0.29) is 0 Å². The number of nitrogens with zero attached hydrogens (tertiary/aromatic N) is 1. The van der Waals surface area contributed by atoms with Crippen LogP contribution in [0.5, 0.6) is 0 Å². The van der Waals surface area contributed by atoms with Crippen molar-refractivity contribution in [2.24, 2.45) is 0 Å². The minimum atomic E-state index is -0.840. The summed E-state index contributed by atoms with van der Waals surface area (Å²) in [5.74, 6) is 0. The average Bonchev–Trinajstić information content (AvgIpc) is 2.38. The summed E-state index contributed by atoms with van der Waals surface area (Å²) >= 11 is 2.12. The van der Waals surface area contributed by atoms with Gasteiger partial charge in [0.15, 0.2) is 0 Å². The van der Waals surface area contributed by atoms with Crippen LogP contribution in [0.15, 0.2) is 30.3 Å². The summed E-state index contributed by atoms with van der Waals surface area (Å²) in [6.07, 6.45) is 3.44. The SMILES string of the molecule is CCOC(=O)N1c2ccccc2C=CC1(I)OCC. The molecule has 102 valence electrons. The van der Waals surface area contributed by atoms with Crippen molar-refractivity contribution in [1.82, 2.24) is 0 Å². The lowest BCUT2D eigenvalue weighted by atomic mass is 10.1. The Morgan fingerprint density at radius 2 is 2.05 bits per heavy atom. The van der Waals surface area contributed by atoms with Crippen LogP contribution in [-0.4, -0.2) is 23.0 Å². The van der Waals surface area contributed by atoms with E-state index in [9.17, 15) is 4.79 Å². The molecular weight excluding hydrogens is 357 g/mol. The number of ether oxygens (including phenoxy) is 2. The molecule has 1 aromatic carbocycles. The van der Waals surface area contributed by atoms with Crippen LogP contribution in [0.4, 0.5) is 10.5 Å².